The number of aliphatic hydroxyl groups excluding tert-OH is 1. The van der Waals surface area contributed by atoms with Crippen molar-refractivity contribution in [3.05, 3.63) is 60.2 Å². The van der Waals surface area contributed by atoms with Gasteiger partial charge in [0.15, 0.2) is 0 Å². The molecule has 1 N–H and O–H groups in total. The number of benzene rings is 2. The van der Waals surface area contributed by atoms with E-state index in [9.17, 15) is 5.11 Å². The van der Waals surface area contributed by atoms with E-state index in [0.717, 1.165) is 36.3 Å². The minimum atomic E-state index is -0.334. The fourth-order valence-electron chi connectivity index (χ4n) is 2.57. The smallest absolute Gasteiger partial charge is 0.124 e. The lowest BCUT2D eigenvalue weighted by Gasteiger charge is -2.17. The lowest BCUT2D eigenvalue weighted by atomic mass is 10.2. The van der Waals surface area contributed by atoms with Crippen molar-refractivity contribution in [3.63, 3.8) is 0 Å². The molecule has 0 spiro atoms. The van der Waals surface area contributed by atoms with E-state index >= 15 is 0 Å². The molecule has 2 atom stereocenters. The Bertz CT molecular complexity index is 550. The number of hydrogen-bond acceptors (Lipinski definition) is 3. The molecule has 1 aliphatic carbocycles. The molecule has 3 rings (SSSR count). The van der Waals surface area contributed by atoms with E-state index in [1.165, 1.54) is 0 Å². The monoisotopic (exact) mass is 284 g/mol. The maximum absolute atomic E-state index is 9.77. The molecule has 1 saturated carbocycles. The van der Waals surface area contributed by atoms with E-state index < -0.39 is 0 Å². The summed E-state index contributed by atoms with van der Waals surface area (Å²) in [5, 5.41) is 9.77. The van der Waals surface area contributed by atoms with Crippen LogP contribution in [0, 0.1) is 0 Å². The highest BCUT2D eigenvalue weighted by atomic mass is 16.5. The minimum Gasteiger partial charge on any atom is -0.489 e. The molecule has 3 heteroatoms. The van der Waals surface area contributed by atoms with E-state index in [1.807, 2.05) is 54.6 Å². The summed E-state index contributed by atoms with van der Waals surface area (Å²) in [4.78, 5) is 0. The fraction of sp³-hybridized carbons (Fsp3) is 0.333. The summed E-state index contributed by atoms with van der Waals surface area (Å²) in [6.45, 7) is 0.558. The first-order valence-corrected chi connectivity index (χ1v) is 7.43. The second-order valence-corrected chi connectivity index (χ2v) is 5.40. The molecule has 2 unspecified atom stereocenters. The lowest BCUT2D eigenvalue weighted by Crippen LogP contribution is -2.25. The Hall–Kier alpha value is -2.00. The number of rotatable bonds is 5. The van der Waals surface area contributed by atoms with Crippen LogP contribution >= 0.6 is 0 Å². The van der Waals surface area contributed by atoms with E-state index in [1.54, 1.807) is 0 Å². The average Bonchev–Trinajstić information content (AvgIpc) is 2.93. The van der Waals surface area contributed by atoms with Gasteiger partial charge in [-0.3, -0.25) is 0 Å². The van der Waals surface area contributed by atoms with Crippen LogP contribution in [0.1, 0.15) is 24.8 Å². The molecule has 21 heavy (non-hydrogen) atoms. The van der Waals surface area contributed by atoms with Crippen LogP contribution in [0.25, 0.3) is 0 Å². The molecule has 0 bridgehead atoms. The van der Waals surface area contributed by atoms with Crippen LogP contribution in [-0.4, -0.2) is 17.3 Å². The van der Waals surface area contributed by atoms with Gasteiger partial charge in [-0.15, -0.1) is 0 Å². The van der Waals surface area contributed by atoms with Gasteiger partial charge < -0.3 is 14.6 Å². The normalized spacial score (nSPS) is 21.2. The van der Waals surface area contributed by atoms with Crippen molar-refractivity contribution >= 4 is 0 Å². The molecule has 1 aliphatic rings. The van der Waals surface area contributed by atoms with Gasteiger partial charge in [-0.25, -0.2) is 0 Å². The van der Waals surface area contributed by atoms with E-state index in [4.69, 9.17) is 9.47 Å². The molecule has 2 aromatic carbocycles. The van der Waals surface area contributed by atoms with Gasteiger partial charge in [-0.1, -0.05) is 30.3 Å². The predicted octanol–water partition coefficient (Wildman–Crippen LogP) is 3.56. The van der Waals surface area contributed by atoms with Crippen LogP contribution in [0.3, 0.4) is 0 Å². The fourth-order valence-corrected chi connectivity index (χ4v) is 2.57. The Balaban J connectivity index is 1.54. The molecule has 110 valence electrons. The highest BCUT2D eigenvalue weighted by Gasteiger charge is 2.26. The Labute approximate surface area is 125 Å². The van der Waals surface area contributed by atoms with Crippen molar-refractivity contribution in [2.45, 2.75) is 38.1 Å². The van der Waals surface area contributed by atoms with E-state index in [0.29, 0.717) is 6.61 Å². The van der Waals surface area contributed by atoms with Crippen LogP contribution < -0.4 is 9.47 Å². The molecule has 0 radical (unpaired) electrons. The lowest BCUT2D eigenvalue weighted by molar-refractivity contribution is 0.0603. The summed E-state index contributed by atoms with van der Waals surface area (Å²) < 4.78 is 11.5. The summed E-state index contributed by atoms with van der Waals surface area (Å²) in [7, 11) is 0. The molecule has 0 heterocycles. The van der Waals surface area contributed by atoms with Crippen LogP contribution in [-0.2, 0) is 6.61 Å². The summed E-state index contributed by atoms with van der Waals surface area (Å²) >= 11 is 0. The minimum absolute atomic E-state index is 0.0684. The molecule has 0 aromatic heterocycles. The highest BCUT2D eigenvalue weighted by molar-refractivity contribution is 5.31. The van der Waals surface area contributed by atoms with Crippen LogP contribution in [0.15, 0.2) is 54.6 Å². The van der Waals surface area contributed by atoms with Gasteiger partial charge in [0.25, 0.3) is 0 Å². The topological polar surface area (TPSA) is 38.7 Å². The van der Waals surface area contributed by atoms with Crippen molar-refractivity contribution in [2.75, 3.05) is 0 Å². The van der Waals surface area contributed by atoms with Crippen LogP contribution in [0.2, 0.25) is 0 Å². The van der Waals surface area contributed by atoms with Crippen molar-refractivity contribution in [1.29, 1.82) is 0 Å². The predicted molar refractivity (Wildman–Crippen MR) is 81.5 cm³/mol. The summed E-state index contributed by atoms with van der Waals surface area (Å²) in [5.74, 6) is 1.60. The molecular weight excluding hydrogens is 264 g/mol. The summed E-state index contributed by atoms with van der Waals surface area (Å²) in [6, 6.07) is 17.7. The summed E-state index contributed by atoms with van der Waals surface area (Å²) in [6.07, 6.45) is 2.39. The summed E-state index contributed by atoms with van der Waals surface area (Å²) in [5.41, 5.74) is 1.15. The number of hydrogen-bond donors (Lipinski definition) is 1. The zero-order valence-corrected chi connectivity index (χ0v) is 11.9. The maximum atomic E-state index is 9.77. The quantitative estimate of drug-likeness (QED) is 0.912. The van der Waals surface area contributed by atoms with Crippen LogP contribution in [0.5, 0.6) is 11.5 Å². The Morgan fingerprint density at radius 3 is 2.29 bits per heavy atom. The molecule has 0 saturated heterocycles. The third-order valence-electron chi connectivity index (χ3n) is 3.78. The Kier molecular flexibility index (Phi) is 4.41. The third kappa shape index (κ3) is 3.76. The van der Waals surface area contributed by atoms with Gasteiger partial charge in [0, 0.05) is 0 Å². The number of ether oxygens (including phenoxy) is 2. The van der Waals surface area contributed by atoms with Gasteiger partial charge in [-0.05, 0) is 49.1 Å². The molecule has 2 aromatic rings. The first-order chi connectivity index (χ1) is 10.3. The molecule has 0 amide bonds. The van der Waals surface area contributed by atoms with Crippen molar-refractivity contribution < 1.29 is 14.6 Å². The Morgan fingerprint density at radius 2 is 1.62 bits per heavy atom. The van der Waals surface area contributed by atoms with Crippen molar-refractivity contribution in [3.8, 4) is 11.5 Å². The van der Waals surface area contributed by atoms with Gasteiger partial charge in [0.05, 0.1) is 6.10 Å². The number of aliphatic hydroxyl groups is 1. The molecular formula is C18H20O3. The van der Waals surface area contributed by atoms with Gasteiger partial charge in [0.1, 0.15) is 24.2 Å². The van der Waals surface area contributed by atoms with Crippen LogP contribution in [0.4, 0.5) is 0 Å². The first kappa shape index (κ1) is 14.0. The Morgan fingerprint density at radius 1 is 0.905 bits per heavy atom. The molecule has 1 fully saturated rings. The van der Waals surface area contributed by atoms with Crippen molar-refractivity contribution in [1.82, 2.24) is 0 Å². The average molecular weight is 284 g/mol. The van der Waals surface area contributed by atoms with Gasteiger partial charge in [-0.2, -0.15) is 0 Å². The second kappa shape index (κ2) is 6.64. The maximum Gasteiger partial charge on any atom is 0.124 e. The zero-order valence-electron chi connectivity index (χ0n) is 11.9. The SMILES string of the molecule is OC1CCCC1Oc1ccc(OCc2ccccc2)cc1. The molecule has 0 aliphatic heterocycles. The third-order valence-corrected chi connectivity index (χ3v) is 3.78. The largest absolute Gasteiger partial charge is 0.489 e. The zero-order chi connectivity index (χ0) is 14.5. The second-order valence-electron chi connectivity index (χ2n) is 5.40. The van der Waals surface area contributed by atoms with E-state index in [-0.39, 0.29) is 12.2 Å². The molecule has 3 nitrogen and oxygen atoms in total. The first-order valence-electron chi connectivity index (χ1n) is 7.43. The standard InChI is InChI=1S/C18H20O3/c19-17-7-4-8-18(17)21-16-11-9-15(10-12-16)20-13-14-5-2-1-3-6-14/h1-3,5-6,9-12,17-19H,4,7-8,13H2. The highest BCUT2D eigenvalue weighted by Crippen LogP contribution is 2.26. The van der Waals surface area contributed by atoms with Gasteiger partial charge in [0.2, 0.25) is 0 Å². The van der Waals surface area contributed by atoms with E-state index in [2.05, 4.69) is 0 Å². The van der Waals surface area contributed by atoms with Gasteiger partial charge >= 0.3 is 0 Å². The van der Waals surface area contributed by atoms with Crippen molar-refractivity contribution in [2.24, 2.45) is 0 Å².